The second-order valence-electron chi connectivity index (χ2n) is 11.9. The summed E-state index contributed by atoms with van der Waals surface area (Å²) in [7, 11) is -1.59. The summed E-state index contributed by atoms with van der Waals surface area (Å²) in [6, 6.07) is 12.2. The van der Waals surface area contributed by atoms with Crippen molar-refractivity contribution < 1.29 is 59.0 Å². The zero-order valence-electron chi connectivity index (χ0n) is 26.3. The maximum Gasteiger partial charge on any atom is 0.573 e. The van der Waals surface area contributed by atoms with E-state index in [1.165, 1.54) is 12.1 Å². The molecule has 1 saturated carbocycles. The molecular formula is C31H37F6N3O7S. The number of alkyl halides is 6. The molecule has 266 valence electrons. The van der Waals surface area contributed by atoms with Gasteiger partial charge in [0.2, 0.25) is 5.91 Å². The van der Waals surface area contributed by atoms with Crippen LogP contribution in [0.1, 0.15) is 49.9 Å². The third kappa shape index (κ3) is 10.6. The zero-order valence-corrected chi connectivity index (χ0v) is 27.1. The second-order valence-corrected chi connectivity index (χ2v) is 13.9. The zero-order chi connectivity index (χ0) is 36.0. The van der Waals surface area contributed by atoms with Crippen molar-refractivity contribution >= 4 is 27.6 Å². The Hall–Kier alpha value is -3.86. The van der Waals surface area contributed by atoms with Crippen molar-refractivity contribution in [3.63, 3.8) is 0 Å². The number of hydrogen-bond acceptors (Lipinski definition) is 7. The molecule has 48 heavy (non-hydrogen) atoms. The molecular weight excluding hydrogens is 672 g/mol. The molecule has 4 atom stereocenters. The fraction of sp³-hybridized carbons (Fsp3) is 0.516. The summed E-state index contributed by atoms with van der Waals surface area (Å²) >= 11 is 0. The highest BCUT2D eigenvalue weighted by Gasteiger charge is 2.44. The maximum atomic E-state index is 13.5. The van der Waals surface area contributed by atoms with Crippen molar-refractivity contribution in [2.24, 2.45) is 5.92 Å². The number of nitrogens with one attached hydrogen (secondary N) is 1. The summed E-state index contributed by atoms with van der Waals surface area (Å²) in [4.78, 5) is 39.4. The predicted molar refractivity (Wildman–Crippen MR) is 161 cm³/mol. The molecule has 0 unspecified atom stereocenters. The first-order valence-electron chi connectivity index (χ1n) is 15.0. The number of carboxylic acid groups (broad SMARTS) is 1. The van der Waals surface area contributed by atoms with E-state index in [0.717, 1.165) is 18.6 Å². The Balaban J connectivity index is 0.000000804. The Labute approximate surface area is 273 Å². The summed E-state index contributed by atoms with van der Waals surface area (Å²) in [6.07, 6.45) is -7.63. The van der Waals surface area contributed by atoms with E-state index >= 15 is 0 Å². The van der Waals surface area contributed by atoms with E-state index in [0.29, 0.717) is 25.8 Å². The van der Waals surface area contributed by atoms with Crippen molar-refractivity contribution in [1.82, 2.24) is 15.1 Å². The monoisotopic (exact) mass is 709 g/mol. The Morgan fingerprint density at radius 2 is 1.65 bits per heavy atom. The maximum absolute atomic E-state index is 13.5. The molecule has 1 aliphatic carbocycles. The highest BCUT2D eigenvalue weighted by Crippen LogP contribution is 2.36. The molecule has 0 aromatic heterocycles. The van der Waals surface area contributed by atoms with Crippen LogP contribution in [-0.4, -0.2) is 97.2 Å². The van der Waals surface area contributed by atoms with Gasteiger partial charge in [0.1, 0.15) is 11.8 Å². The summed E-state index contributed by atoms with van der Waals surface area (Å²) in [5.41, 5.74) is -0.0675. The van der Waals surface area contributed by atoms with Crippen LogP contribution in [0.4, 0.5) is 26.3 Å². The van der Waals surface area contributed by atoms with Gasteiger partial charge in [-0.1, -0.05) is 24.3 Å². The van der Waals surface area contributed by atoms with Crippen LogP contribution in [0, 0.1) is 5.92 Å². The molecule has 10 nitrogen and oxygen atoms in total. The fourth-order valence-corrected chi connectivity index (χ4v) is 7.54. The van der Waals surface area contributed by atoms with Gasteiger partial charge in [-0.25, -0.2) is 13.2 Å². The Morgan fingerprint density at radius 1 is 1.02 bits per heavy atom. The van der Waals surface area contributed by atoms with Crippen LogP contribution in [0.15, 0.2) is 59.5 Å². The van der Waals surface area contributed by atoms with Crippen molar-refractivity contribution in [3.8, 4) is 5.75 Å². The lowest BCUT2D eigenvalue weighted by molar-refractivity contribution is -0.274. The number of carboxylic acids is 1. The minimum Gasteiger partial charge on any atom is -0.475 e. The van der Waals surface area contributed by atoms with Gasteiger partial charge in [-0.2, -0.15) is 13.2 Å². The van der Waals surface area contributed by atoms with E-state index < -0.39 is 46.0 Å². The average molecular weight is 710 g/mol. The second kappa shape index (κ2) is 15.6. The number of hydrogen-bond donors (Lipinski definition) is 2. The van der Waals surface area contributed by atoms with Crippen LogP contribution in [-0.2, 0) is 19.4 Å². The minimum absolute atomic E-state index is 0.0675. The first-order chi connectivity index (χ1) is 22.2. The first kappa shape index (κ1) is 38.6. The van der Waals surface area contributed by atoms with Gasteiger partial charge in [-0.05, 0) is 82.8 Å². The highest BCUT2D eigenvalue weighted by molar-refractivity contribution is 7.91. The molecule has 0 spiro atoms. The molecule has 1 saturated heterocycles. The van der Waals surface area contributed by atoms with E-state index in [4.69, 9.17) is 9.90 Å². The van der Waals surface area contributed by atoms with E-state index in [1.54, 1.807) is 35.2 Å². The number of halogens is 6. The van der Waals surface area contributed by atoms with Crippen molar-refractivity contribution in [3.05, 3.63) is 60.2 Å². The number of carbonyl (C=O) groups is 3. The fourth-order valence-electron chi connectivity index (χ4n) is 5.85. The Bertz CT molecular complexity index is 1540. The van der Waals surface area contributed by atoms with Gasteiger partial charge >= 0.3 is 18.5 Å². The molecule has 2 aliphatic rings. The topological polar surface area (TPSA) is 133 Å². The number of amides is 2. The smallest absolute Gasteiger partial charge is 0.475 e. The van der Waals surface area contributed by atoms with Crippen molar-refractivity contribution in [2.75, 3.05) is 19.3 Å². The van der Waals surface area contributed by atoms with E-state index in [1.807, 2.05) is 7.05 Å². The van der Waals surface area contributed by atoms with Crippen LogP contribution in [0.3, 0.4) is 0 Å². The van der Waals surface area contributed by atoms with Gasteiger partial charge in [0.25, 0.3) is 5.91 Å². The normalized spacial score (nSPS) is 21.9. The van der Waals surface area contributed by atoms with Gasteiger partial charge in [0.15, 0.2) is 9.84 Å². The van der Waals surface area contributed by atoms with Crippen molar-refractivity contribution in [1.29, 1.82) is 0 Å². The number of nitrogens with zero attached hydrogens (tertiary/aromatic N) is 2. The molecule has 2 aromatic rings. The molecule has 1 heterocycles. The minimum atomic E-state index is -5.08. The summed E-state index contributed by atoms with van der Waals surface area (Å²) in [5.74, 6) is -4.71. The van der Waals surface area contributed by atoms with Crippen LogP contribution >= 0.6 is 0 Å². The van der Waals surface area contributed by atoms with Crippen LogP contribution in [0.25, 0.3) is 0 Å². The molecule has 2 aromatic carbocycles. The molecule has 0 radical (unpaired) electrons. The van der Waals surface area contributed by atoms with Crippen LogP contribution < -0.4 is 10.1 Å². The molecule has 2 amide bonds. The first-order valence-corrected chi connectivity index (χ1v) is 16.6. The highest BCUT2D eigenvalue weighted by atomic mass is 32.2. The number of rotatable bonds is 9. The number of aliphatic carboxylic acids is 1. The summed E-state index contributed by atoms with van der Waals surface area (Å²) in [5, 5.41) is 9.77. The number of sulfone groups is 1. The number of ether oxygens (including phenoxy) is 1. The molecule has 2 N–H and O–H groups in total. The van der Waals surface area contributed by atoms with E-state index in [9.17, 15) is 44.3 Å². The van der Waals surface area contributed by atoms with Gasteiger partial charge in [0.05, 0.1) is 10.6 Å². The van der Waals surface area contributed by atoms with Crippen LogP contribution in [0.2, 0.25) is 0 Å². The number of likely N-dealkylation sites (tertiary alicyclic amines) is 1. The molecule has 17 heteroatoms. The molecule has 4 rings (SSSR count). The van der Waals surface area contributed by atoms with E-state index in [-0.39, 0.29) is 46.2 Å². The number of benzene rings is 2. The Morgan fingerprint density at radius 3 is 2.21 bits per heavy atom. The lowest BCUT2D eigenvalue weighted by atomic mass is 9.81. The summed E-state index contributed by atoms with van der Waals surface area (Å²) in [6.45, 7) is 4.52. The average Bonchev–Trinajstić information content (AvgIpc) is 3.35. The van der Waals surface area contributed by atoms with E-state index in [2.05, 4.69) is 28.8 Å². The third-order valence-electron chi connectivity index (χ3n) is 8.36. The SMILES string of the molecule is CC(C)N(C)[C@@H]1CC[C@H](N2CC[C@H](NC(=O)c3cccc(OC(F)(F)F)c3)C2=O)[C@H](CS(=O)(=O)c2ccccc2)C1.O=C(O)C(F)(F)F. The molecule has 2 fully saturated rings. The largest absolute Gasteiger partial charge is 0.573 e. The molecule has 1 aliphatic heterocycles. The predicted octanol–water partition coefficient (Wildman–Crippen LogP) is 4.90. The van der Waals surface area contributed by atoms with Crippen LogP contribution in [0.5, 0.6) is 5.75 Å². The van der Waals surface area contributed by atoms with Gasteiger partial charge < -0.3 is 25.0 Å². The third-order valence-corrected chi connectivity index (χ3v) is 10.2. The van der Waals surface area contributed by atoms with Gasteiger partial charge in [0, 0.05) is 30.2 Å². The number of carbonyl (C=O) groups excluding carboxylic acids is 2. The molecule has 0 bridgehead atoms. The Kier molecular flexibility index (Phi) is 12.5. The van der Waals surface area contributed by atoms with Gasteiger partial charge in [-0.15, -0.1) is 13.2 Å². The van der Waals surface area contributed by atoms with Crippen molar-refractivity contribution in [2.45, 2.75) is 81.1 Å². The lowest BCUT2D eigenvalue weighted by Gasteiger charge is -2.44. The van der Waals surface area contributed by atoms with Gasteiger partial charge in [-0.3, -0.25) is 9.59 Å². The quantitative estimate of drug-likeness (QED) is 0.352. The summed E-state index contributed by atoms with van der Waals surface area (Å²) < 4.78 is 100. The standard InChI is InChI=1S/C29H36F3N3O5S.C2HF3O2/c1-19(2)34(3)22-12-13-26(21(16-22)18-41(38,39)24-10-5-4-6-11-24)35-15-14-25(28(35)37)33-27(36)20-8-7-9-23(17-20)40-29(30,31)32;3-2(4,5)1(6)7/h4-11,17,19,21-22,25-26H,12-16,18H2,1-3H3,(H,33,36);(H,6,7)/t21-,22+,25-,26-;/m0./s1. The lowest BCUT2D eigenvalue weighted by Crippen LogP contribution is -2.53.